The van der Waals surface area contributed by atoms with Crippen LogP contribution in [0.25, 0.3) is 0 Å². The molecule has 0 aliphatic carbocycles. The Bertz CT molecular complexity index is 1270. The highest BCUT2D eigenvalue weighted by atomic mass is 16.5. The summed E-state index contributed by atoms with van der Waals surface area (Å²) in [6.07, 6.45) is 1.83. The van der Waals surface area contributed by atoms with Crippen LogP contribution in [-0.4, -0.2) is 15.5 Å². The topological polar surface area (TPSA) is 70.4 Å². The fourth-order valence-electron chi connectivity index (χ4n) is 3.38. The summed E-state index contributed by atoms with van der Waals surface area (Å²) in [5.41, 5.74) is 1.94. The van der Waals surface area contributed by atoms with Crippen LogP contribution in [0.1, 0.15) is 34.1 Å². The highest BCUT2D eigenvalue weighted by molar-refractivity contribution is 5.92. The van der Waals surface area contributed by atoms with Gasteiger partial charge in [-0.2, -0.15) is 0 Å². The summed E-state index contributed by atoms with van der Waals surface area (Å²) in [7, 11) is 0. The summed E-state index contributed by atoms with van der Waals surface area (Å²) < 4.78 is 12.7. The van der Waals surface area contributed by atoms with Crippen molar-refractivity contribution in [3.05, 3.63) is 124 Å². The van der Waals surface area contributed by atoms with E-state index in [1.54, 1.807) is 24.3 Å². The quantitative estimate of drug-likeness (QED) is 0.295. The molecule has 3 aromatic carbocycles. The van der Waals surface area contributed by atoms with Crippen molar-refractivity contribution in [1.82, 2.24) is 9.55 Å². The van der Waals surface area contributed by atoms with E-state index in [1.807, 2.05) is 67.6 Å². The van der Waals surface area contributed by atoms with Gasteiger partial charge in [-0.3, -0.25) is 9.36 Å². The second-order valence-corrected chi connectivity index (χ2v) is 7.46. The Balaban J connectivity index is 1.51. The van der Waals surface area contributed by atoms with Gasteiger partial charge in [0.15, 0.2) is 0 Å². The first-order valence-electron chi connectivity index (χ1n) is 10.7. The number of esters is 1. The average molecular weight is 440 g/mol. The molecule has 4 rings (SSSR count). The van der Waals surface area contributed by atoms with E-state index in [0.29, 0.717) is 36.8 Å². The number of hydrogen-bond donors (Lipinski definition) is 0. The fraction of sp³-hybridized carbons (Fsp3) is 0.148. The number of rotatable bonds is 8. The third-order valence-electron chi connectivity index (χ3n) is 5.16. The molecule has 0 N–H and O–H groups in total. The van der Waals surface area contributed by atoms with Gasteiger partial charge in [0.1, 0.15) is 23.7 Å². The van der Waals surface area contributed by atoms with Crippen molar-refractivity contribution < 1.29 is 14.3 Å². The van der Waals surface area contributed by atoms with Crippen LogP contribution in [0.2, 0.25) is 0 Å². The second-order valence-electron chi connectivity index (χ2n) is 7.46. The Morgan fingerprint density at radius 3 is 2.09 bits per heavy atom. The third-order valence-corrected chi connectivity index (χ3v) is 5.16. The summed E-state index contributed by atoms with van der Waals surface area (Å²) >= 11 is 0. The second kappa shape index (κ2) is 10.4. The summed E-state index contributed by atoms with van der Waals surface area (Å²) in [6, 6.07) is 26.2. The van der Waals surface area contributed by atoms with Crippen molar-refractivity contribution in [2.24, 2.45) is 0 Å². The molecule has 0 aliphatic heterocycles. The lowest BCUT2D eigenvalue weighted by atomic mass is 10.1. The van der Waals surface area contributed by atoms with Crippen molar-refractivity contribution in [3.8, 4) is 11.5 Å². The third kappa shape index (κ3) is 5.54. The van der Waals surface area contributed by atoms with Crippen LogP contribution in [0.3, 0.4) is 0 Å². The standard InChI is InChI=1S/C27H24N2O4/c1-2-29-19-28-24(17-20-9-5-3-6-10-20)25(26(29)30)27(31)33-23-15-13-22(14-16-23)32-18-21-11-7-4-8-12-21/h3-16,19H,2,17-18H2,1H3. The highest BCUT2D eigenvalue weighted by Crippen LogP contribution is 2.20. The number of hydrogen-bond acceptors (Lipinski definition) is 5. The van der Waals surface area contributed by atoms with E-state index in [-0.39, 0.29) is 5.56 Å². The van der Waals surface area contributed by atoms with Crippen LogP contribution in [0.5, 0.6) is 11.5 Å². The first-order valence-corrected chi connectivity index (χ1v) is 10.7. The summed E-state index contributed by atoms with van der Waals surface area (Å²) in [6.45, 7) is 2.67. The number of ether oxygens (including phenoxy) is 2. The van der Waals surface area contributed by atoms with E-state index in [0.717, 1.165) is 11.1 Å². The van der Waals surface area contributed by atoms with Crippen LogP contribution in [0, 0.1) is 0 Å². The predicted molar refractivity (Wildman–Crippen MR) is 126 cm³/mol. The van der Waals surface area contributed by atoms with Gasteiger partial charge in [0.05, 0.1) is 12.0 Å². The number of nitrogens with zero attached hydrogens (tertiary/aromatic N) is 2. The largest absolute Gasteiger partial charge is 0.489 e. The molecule has 33 heavy (non-hydrogen) atoms. The summed E-state index contributed by atoms with van der Waals surface area (Å²) in [5, 5.41) is 0. The fourth-order valence-corrected chi connectivity index (χ4v) is 3.38. The van der Waals surface area contributed by atoms with E-state index in [2.05, 4.69) is 4.98 Å². The van der Waals surface area contributed by atoms with Crippen LogP contribution in [-0.2, 0) is 19.6 Å². The zero-order valence-electron chi connectivity index (χ0n) is 18.3. The molecular formula is C27H24N2O4. The van der Waals surface area contributed by atoms with Gasteiger partial charge in [-0.25, -0.2) is 9.78 Å². The minimum Gasteiger partial charge on any atom is -0.489 e. The summed E-state index contributed by atoms with van der Waals surface area (Å²) in [5.74, 6) is 0.251. The molecule has 0 spiro atoms. The number of benzene rings is 3. The predicted octanol–water partition coefficient (Wildman–Crippen LogP) is 4.65. The monoisotopic (exact) mass is 440 g/mol. The molecule has 1 aromatic heterocycles. The van der Waals surface area contributed by atoms with Gasteiger partial charge in [-0.05, 0) is 42.3 Å². The molecule has 166 valence electrons. The maximum Gasteiger partial charge on any atom is 0.351 e. The lowest BCUT2D eigenvalue weighted by molar-refractivity contribution is 0.0730. The first kappa shape index (κ1) is 22.0. The van der Waals surface area contributed by atoms with Crippen molar-refractivity contribution >= 4 is 5.97 Å². The Hall–Kier alpha value is -4.19. The van der Waals surface area contributed by atoms with Gasteiger partial charge in [0.25, 0.3) is 5.56 Å². The average Bonchev–Trinajstić information content (AvgIpc) is 2.85. The minimum atomic E-state index is -0.723. The van der Waals surface area contributed by atoms with Gasteiger partial charge < -0.3 is 9.47 Å². The molecule has 0 fully saturated rings. The molecule has 0 unspecified atom stereocenters. The van der Waals surface area contributed by atoms with E-state index in [1.165, 1.54) is 10.9 Å². The lowest BCUT2D eigenvalue weighted by Crippen LogP contribution is -2.31. The lowest BCUT2D eigenvalue weighted by Gasteiger charge is -2.11. The Morgan fingerprint density at radius 2 is 1.45 bits per heavy atom. The Morgan fingerprint density at radius 1 is 0.848 bits per heavy atom. The Kier molecular flexibility index (Phi) is 6.95. The molecule has 0 amide bonds. The van der Waals surface area contributed by atoms with Gasteiger partial charge in [0, 0.05) is 13.0 Å². The molecule has 6 nitrogen and oxygen atoms in total. The van der Waals surface area contributed by atoms with Crippen LogP contribution in [0.4, 0.5) is 0 Å². The molecule has 0 bridgehead atoms. The molecule has 6 heteroatoms. The van der Waals surface area contributed by atoms with Crippen LogP contribution < -0.4 is 15.0 Å². The van der Waals surface area contributed by atoms with Crippen molar-refractivity contribution in [2.45, 2.75) is 26.5 Å². The molecule has 4 aromatic rings. The van der Waals surface area contributed by atoms with E-state index in [9.17, 15) is 9.59 Å². The van der Waals surface area contributed by atoms with Gasteiger partial charge in [0.2, 0.25) is 0 Å². The molecule has 0 atom stereocenters. The van der Waals surface area contributed by atoms with E-state index < -0.39 is 11.5 Å². The molecular weight excluding hydrogens is 416 g/mol. The van der Waals surface area contributed by atoms with Gasteiger partial charge in [-0.15, -0.1) is 0 Å². The zero-order chi connectivity index (χ0) is 23.0. The van der Waals surface area contributed by atoms with Gasteiger partial charge >= 0.3 is 5.97 Å². The zero-order valence-corrected chi connectivity index (χ0v) is 18.3. The van der Waals surface area contributed by atoms with Crippen molar-refractivity contribution in [1.29, 1.82) is 0 Å². The number of aromatic nitrogens is 2. The smallest absolute Gasteiger partial charge is 0.351 e. The van der Waals surface area contributed by atoms with Gasteiger partial charge in [-0.1, -0.05) is 60.7 Å². The van der Waals surface area contributed by atoms with Crippen molar-refractivity contribution in [2.75, 3.05) is 0 Å². The maximum absolute atomic E-state index is 13.0. The summed E-state index contributed by atoms with van der Waals surface area (Å²) in [4.78, 5) is 30.3. The number of carbonyl (C=O) groups is 1. The molecule has 0 aliphatic rings. The molecule has 0 saturated heterocycles. The normalized spacial score (nSPS) is 10.6. The maximum atomic E-state index is 13.0. The van der Waals surface area contributed by atoms with Crippen LogP contribution in [0.15, 0.2) is 96.1 Å². The van der Waals surface area contributed by atoms with E-state index >= 15 is 0 Å². The van der Waals surface area contributed by atoms with Crippen molar-refractivity contribution in [3.63, 3.8) is 0 Å². The highest BCUT2D eigenvalue weighted by Gasteiger charge is 2.21. The molecule has 0 saturated carbocycles. The molecule has 1 heterocycles. The first-order chi connectivity index (χ1) is 16.1. The Labute approximate surface area is 192 Å². The number of aryl methyl sites for hydroxylation is 1. The SMILES string of the molecule is CCn1cnc(Cc2ccccc2)c(C(=O)Oc2ccc(OCc3ccccc3)cc2)c1=O. The minimum absolute atomic E-state index is 0.0485. The number of carbonyl (C=O) groups excluding carboxylic acids is 1. The van der Waals surface area contributed by atoms with E-state index in [4.69, 9.17) is 9.47 Å². The molecule has 0 radical (unpaired) electrons. The van der Waals surface area contributed by atoms with Crippen LogP contribution >= 0.6 is 0 Å².